The van der Waals surface area contributed by atoms with Crippen LogP contribution in [0.2, 0.25) is 0 Å². The highest BCUT2D eigenvalue weighted by molar-refractivity contribution is 7.16. The summed E-state index contributed by atoms with van der Waals surface area (Å²) in [6.07, 6.45) is -2.98. The van der Waals surface area contributed by atoms with E-state index in [1.807, 2.05) is 11.4 Å². The molecule has 96 valence electrons. The fourth-order valence-corrected chi connectivity index (χ4v) is 2.60. The van der Waals surface area contributed by atoms with Crippen molar-refractivity contribution in [3.63, 3.8) is 0 Å². The second-order valence-corrected chi connectivity index (χ2v) is 4.83. The van der Waals surface area contributed by atoms with Crippen LogP contribution in [0.15, 0.2) is 42.0 Å². The van der Waals surface area contributed by atoms with Gasteiger partial charge in [0.1, 0.15) is 11.2 Å². The van der Waals surface area contributed by atoms with Crippen molar-refractivity contribution in [3.05, 3.63) is 47.6 Å². The molecule has 2 nitrogen and oxygen atoms in total. The number of thiophene rings is 1. The van der Waals surface area contributed by atoms with Gasteiger partial charge < -0.3 is 0 Å². The smallest absolute Gasteiger partial charge is 0.236 e. The Balaban J connectivity index is 2.19. The summed E-state index contributed by atoms with van der Waals surface area (Å²) >= 11 is 1.43. The molecule has 3 rings (SSSR count). The van der Waals surface area contributed by atoms with Crippen molar-refractivity contribution in [2.24, 2.45) is 0 Å². The molecule has 0 saturated carbocycles. The molecule has 0 saturated heterocycles. The van der Waals surface area contributed by atoms with E-state index in [9.17, 15) is 13.2 Å². The van der Waals surface area contributed by atoms with Crippen LogP contribution in [-0.4, -0.2) is 9.97 Å². The van der Waals surface area contributed by atoms with Gasteiger partial charge in [0.15, 0.2) is 0 Å². The number of hydrogen-bond donors (Lipinski definition) is 0. The first-order valence-electron chi connectivity index (χ1n) is 5.41. The topological polar surface area (TPSA) is 25.8 Å². The fourth-order valence-electron chi connectivity index (χ4n) is 1.86. The van der Waals surface area contributed by atoms with E-state index < -0.39 is 11.7 Å². The Bertz CT molecular complexity index is 734. The quantitative estimate of drug-likeness (QED) is 0.661. The Labute approximate surface area is 110 Å². The zero-order chi connectivity index (χ0) is 13.5. The average molecular weight is 280 g/mol. The Hall–Kier alpha value is -1.95. The number of hydrogen-bond acceptors (Lipinski definition) is 3. The van der Waals surface area contributed by atoms with Crippen LogP contribution in [0.5, 0.6) is 0 Å². The van der Waals surface area contributed by atoms with E-state index >= 15 is 0 Å². The van der Waals surface area contributed by atoms with Gasteiger partial charge in [0.05, 0.1) is 11.3 Å². The van der Waals surface area contributed by atoms with Crippen LogP contribution in [-0.2, 0) is 6.18 Å². The predicted octanol–water partition coefficient (Wildman–Crippen LogP) is 4.38. The van der Waals surface area contributed by atoms with E-state index in [-0.39, 0.29) is 0 Å². The van der Waals surface area contributed by atoms with Crippen LogP contribution in [0.1, 0.15) is 5.56 Å². The molecule has 0 spiro atoms. The number of aromatic nitrogens is 2. The first-order chi connectivity index (χ1) is 9.05. The third-order valence-corrected chi connectivity index (χ3v) is 3.55. The number of nitrogens with zero attached hydrogens (tertiary/aromatic N) is 2. The predicted molar refractivity (Wildman–Crippen MR) is 67.9 cm³/mol. The third-order valence-electron chi connectivity index (χ3n) is 2.73. The maximum absolute atomic E-state index is 12.7. The summed E-state index contributed by atoms with van der Waals surface area (Å²) < 4.78 is 38.1. The molecule has 0 N–H and O–H groups in total. The maximum Gasteiger partial charge on any atom is 0.416 e. The van der Waals surface area contributed by atoms with E-state index in [0.717, 1.165) is 22.3 Å². The van der Waals surface area contributed by atoms with Gasteiger partial charge in [-0.3, -0.25) is 0 Å². The number of halogens is 3. The van der Waals surface area contributed by atoms with E-state index in [1.165, 1.54) is 23.7 Å². The van der Waals surface area contributed by atoms with Crippen molar-refractivity contribution in [2.75, 3.05) is 0 Å². The van der Waals surface area contributed by atoms with Crippen LogP contribution in [0.4, 0.5) is 13.2 Å². The highest BCUT2D eigenvalue weighted by Crippen LogP contribution is 2.34. The average Bonchev–Trinajstić information content (AvgIpc) is 2.86. The molecule has 1 aromatic carbocycles. The number of alkyl halides is 3. The van der Waals surface area contributed by atoms with Crippen molar-refractivity contribution < 1.29 is 13.2 Å². The van der Waals surface area contributed by atoms with Gasteiger partial charge in [0, 0.05) is 10.9 Å². The second-order valence-electron chi connectivity index (χ2n) is 3.94. The van der Waals surface area contributed by atoms with Gasteiger partial charge in [0.2, 0.25) is 0 Å². The standard InChI is InChI=1S/C13H7F3N2S/c14-13(15,16)9-3-1-2-8(6-9)11-10-4-5-19-12(10)18-7-17-11/h1-7H. The molecule has 19 heavy (non-hydrogen) atoms. The highest BCUT2D eigenvalue weighted by Gasteiger charge is 2.30. The lowest BCUT2D eigenvalue weighted by atomic mass is 10.1. The van der Waals surface area contributed by atoms with Crippen LogP contribution >= 0.6 is 11.3 Å². The van der Waals surface area contributed by atoms with Gasteiger partial charge in [0.25, 0.3) is 0 Å². The Kier molecular flexibility index (Phi) is 2.74. The van der Waals surface area contributed by atoms with Crippen molar-refractivity contribution in [2.45, 2.75) is 6.18 Å². The zero-order valence-electron chi connectivity index (χ0n) is 9.48. The molecular weight excluding hydrogens is 273 g/mol. The maximum atomic E-state index is 12.7. The van der Waals surface area contributed by atoms with E-state index in [0.29, 0.717) is 11.3 Å². The molecule has 0 radical (unpaired) electrons. The SMILES string of the molecule is FC(F)(F)c1cccc(-c2ncnc3sccc23)c1. The first-order valence-corrected chi connectivity index (χ1v) is 6.29. The lowest BCUT2D eigenvalue weighted by molar-refractivity contribution is -0.137. The van der Waals surface area contributed by atoms with E-state index in [2.05, 4.69) is 9.97 Å². The van der Waals surface area contributed by atoms with Crippen LogP contribution < -0.4 is 0 Å². The van der Waals surface area contributed by atoms with Gasteiger partial charge in [-0.1, -0.05) is 12.1 Å². The summed E-state index contributed by atoms with van der Waals surface area (Å²) in [6, 6.07) is 6.98. The lowest BCUT2D eigenvalue weighted by Crippen LogP contribution is -2.04. The normalized spacial score (nSPS) is 11.9. The van der Waals surface area contributed by atoms with Crippen LogP contribution in [0.3, 0.4) is 0 Å². The van der Waals surface area contributed by atoms with Crippen LogP contribution in [0.25, 0.3) is 21.5 Å². The fraction of sp³-hybridized carbons (Fsp3) is 0.0769. The summed E-state index contributed by atoms with van der Waals surface area (Å²) in [7, 11) is 0. The summed E-state index contributed by atoms with van der Waals surface area (Å²) in [6.45, 7) is 0. The monoisotopic (exact) mass is 280 g/mol. The minimum atomic E-state index is -4.35. The molecule has 3 aromatic rings. The van der Waals surface area contributed by atoms with Gasteiger partial charge in [-0.15, -0.1) is 11.3 Å². The van der Waals surface area contributed by atoms with Gasteiger partial charge in [-0.25, -0.2) is 9.97 Å². The molecule has 2 aromatic heterocycles. The molecule has 0 aliphatic carbocycles. The summed E-state index contributed by atoms with van der Waals surface area (Å²) in [4.78, 5) is 8.95. The minimum Gasteiger partial charge on any atom is -0.236 e. The molecule has 0 aliphatic heterocycles. The molecule has 0 atom stereocenters. The third kappa shape index (κ3) is 2.19. The largest absolute Gasteiger partial charge is 0.416 e. The number of benzene rings is 1. The lowest BCUT2D eigenvalue weighted by Gasteiger charge is -2.08. The molecule has 0 unspecified atom stereocenters. The Morgan fingerprint density at radius 1 is 1.05 bits per heavy atom. The van der Waals surface area contributed by atoms with Crippen LogP contribution in [0, 0.1) is 0 Å². The van der Waals surface area contributed by atoms with Crippen molar-refractivity contribution in [1.82, 2.24) is 9.97 Å². The summed E-state index contributed by atoms with van der Waals surface area (Å²) in [5.41, 5.74) is 0.296. The van der Waals surface area contributed by atoms with Crippen molar-refractivity contribution in [3.8, 4) is 11.3 Å². The van der Waals surface area contributed by atoms with E-state index in [4.69, 9.17) is 0 Å². The Morgan fingerprint density at radius 2 is 1.89 bits per heavy atom. The van der Waals surface area contributed by atoms with Crippen molar-refractivity contribution in [1.29, 1.82) is 0 Å². The number of rotatable bonds is 1. The minimum absolute atomic E-state index is 0.445. The Morgan fingerprint density at radius 3 is 2.68 bits per heavy atom. The van der Waals surface area contributed by atoms with Crippen molar-refractivity contribution >= 4 is 21.6 Å². The highest BCUT2D eigenvalue weighted by atomic mass is 32.1. The zero-order valence-corrected chi connectivity index (χ0v) is 10.3. The number of fused-ring (bicyclic) bond motifs is 1. The molecule has 2 heterocycles. The molecule has 0 aliphatic rings. The molecule has 0 amide bonds. The second kappa shape index (κ2) is 4.31. The van der Waals surface area contributed by atoms with Gasteiger partial charge in [-0.2, -0.15) is 13.2 Å². The molecule has 6 heteroatoms. The summed E-state index contributed by atoms with van der Waals surface area (Å²) in [5, 5.41) is 2.61. The molecule has 0 fully saturated rings. The van der Waals surface area contributed by atoms with Gasteiger partial charge >= 0.3 is 6.18 Å². The van der Waals surface area contributed by atoms with Gasteiger partial charge in [-0.05, 0) is 23.6 Å². The molecule has 0 bridgehead atoms. The summed E-state index contributed by atoms with van der Waals surface area (Å²) in [5.74, 6) is 0. The first kappa shape index (κ1) is 12.1. The van der Waals surface area contributed by atoms with E-state index in [1.54, 1.807) is 6.07 Å². The molecular formula is C13H7F3N2S.